The normalized spacial score (nSPS) is 17.6. The van der Waals surface area contributed by atoms with Crippen molar-refractivity contribution in [3.63, 3.8) is 0 Å². The molecule has 0 saturated carbocycles. The van der Waals surface area contributed by atoms with E-state index in [9.17, 15) is 4.39 Å². The quantitative estimate of drug-likeness (QED) is 0.829. The maximum absolute atomic E-state index is 13.3. The first-order valence-corrected chi connectivity index (χ1v) is 7.97. The number of piperidine rings is 1. The van der Waals surface area contributed by atoms with Gasteiger partial charge in [-0.1, -0.05) is 6.92 Å². The summed E-state index contributed by atoms with van der Waals surface area (Å²) in [6.07, 6.45) is 4.45. The van der Waals surface area contributed by atoms with Crippen LogP contribution in [0.1, 0.15) is 31.2 Å². The number of nitrogens with zero attached hydrogens (tertiary/aromatic N) is 1. The van der Waals surface area contributed by atoms with Gasteiger partial charge in [-0.25, -0.2) is 4.39 Å². The van der Waals surface area contributed by atoms with Crippen LogP contribution in [0.5, 0.6) is 0 Å². The van der Waals surface area contributed by atoms with Crippen molar-refractivity contribution >= 4 is 10.9 Å². The van der Waals surface area contributed by atoms with Crippen LogP contribution in [0.15, 0.2) is 24.4 Å². The zero-order valence-corrected chi connectivity index (χ0v) is 12.7. The first kappa shape index (κ1) is 14.5. The van der Waals surface area contributed by atoms with Crippen molar-refractivity contribution in [1.29, 1.82) is 0 Å². The van der Waals surface area contributed by atoms with Crippen LogP contribution in [-0.2, 0) is 0 Å². The second-order valence-corrected chi connectivity index (χ2v) is 5.90. The Morgan fingerprint density at radius 3 is 2.90 bits per heavy atom. The topological polar surface area (TPSA) is 31.1 Å². The van der Waals surface area contributed by atoms with Gasteiger partial charge in [0.05, 0.1) is 0 Å². The Balaban J connectivity index is 1.63. The highest BCUT2D eigenvalue weighted by Crippen LogP contribution is 2.33. The van der Waals surface area contributed by atoms with Crippen LogP contribution in [0.2, 0.25) is 0 Å². The predicted octanol–water partition coefficient (Wildman–Crippen LogP) is 3.10. The van der Waals surface area contributed by atoms with Gasteiger partial charge < -0.3 is 15.2 Å². The summed E-state index contributed by atoms with van der Waals surface area (Å²) in [5.41, 5.74) is 2.27. The fourth-order valence-corrected chi connectivity index (χ4v) is 3.34. The maximum atomic E-state index is 13.3. The number of halogens is 1. The molecule has 3 rings (SSSR count). The number of benzene rings is 1. The van der Waals surface area contributed by atoms with Crippen molar-refractivity contribution in [2.24, 2.45) is 0 Å². The Hall–Kier alpha value is -1.39. The molecule has 1 aliphatic heterocycles. The summed E-state index contributed by atoms with van der Waals surface area (Å²) in [7, 11) is 0. The molecule has 1 fully saturated rings. The number of likely N-dealkylation sites (tertiary alicyclic amines) is 1. The molecular formula is C17H24FN3. The zero-order chi connectivity index (χ0) is 14.7. The van der Waals surface area contributed by atoms with E-state index in [0.717, 1.165) is 38.2 Å². The average molecular weight is 289 g/mol. The Labute approximate surface area is 125 Å². The van der Waals surface area contributed by atoms with Crippen LogP contribution < -0.4 is 5.32 Å². The van der Waals surface area contributed by atoms with Crippen LogP contribution in [-0.4, -0.2) is 42.6 Å². The third kappa shape index (κ3) is 3.27. The van der Waals surface area contributed by atoms with Gasteiger partial charge in [0.15, 0.2) is 0 Å². The van der Waals surface area contributed by atoms with Crippen molar-refractivity contribution in [1.82, 2.24) is 15.2 Å². The molecule has 1 aromatic heterocycles. The molecular weight excluding hydrogens is 265 g/mol. The van der Waals surface area contributed by atoms with Crippen molar-refractivity contribution in [2.75, 3.05) is 32.7 Å². The molecule has 2 N–H and O–H groups in total. The first-order valence-electron chi connectivity index (χ1n) is 7.97. The lowest BCUT2D eigenvalue weighted by Gasteiger charge is -2.32. The lowest BCUT2D eigenvalue weighted by Crippen LogP contribution is -2.37. The zero-order valence-electron chi connectivity index (χ0n) is 12.7. The Morgan fingerprint density at radius 2 is 2.14 bits per heavy atom. The summed E-state index contributed by atoms with van der Waals surface area (Å²) in [6.45, 7) is 7.72. The van der Waals surface area contributed by atoms with E-state index in [2.05, 4.69) is 28.3 Å². The second kappa shape index (κ2) is 6.58. The fourth-order valence-electron chi connectivity index (χ4n) is 3.34. The highest BCUT2D eigenvalue weighted by Gasteiger charge is 2.22. The van der Waals surface area contributed by atoms with Crippen LogP contribution in [0.3, 0.4) is 0 Å². The number of hydrogen-bond donors (Lipinski definition) is 2. The van der Waals surface area contributed by atoms with Crippen LogP contribution in [0.4, 0.5) is 4.39 Å². The molecule has 1 saturated heterocycles. The first-order chi connectivity index (χ1) is 10.3. The Morgan fingerprint density at radius 1 is 1.33 bits per heavy atom. The number of rotatable bonds is 5. The molecule has 0 bridgehead atoms. The summed E-state index contributed by atoms with van der Waals surface area (Å²) in [5.74, 6) is 0.425. The SMILES string of the molecule is CCNCCN1CCC(c2c[nH]c3cc(F)ccc23)CC1. The lowest BCUT2D eigenvalue weighted by molar-refractivity contribution is 0.213. The molecule has 0 aliphatic carbocycles. The molecule has 1 aromatic carbocycles. The van der Waals surface area contributed by atoms with Gasteiger partial charge in [0.25, 0.3) is 0 Å². The molecule has 2 aromatic rings. The molecule has 2 heterocycles. The van der Waals surface area contributed by atoms with Crippen LogP contribution >= 0.6 is 0 Å². The monoisotopic (exact) mass is 289 g/mol. The van der Waals surface area contributed by atoms with E-state index in [1.807, 2.05) is 6.07 Å². The van der Waals surface area contributed by atoms with Crippen molar-refractivity contribution in [3.8, 4) is 0 Å². The molecule has 3 nitrogen and oxygen atoms in total. The third-order valence-electron chi connectivity index (χ3n) is 4.56. The minimum atomic E-state index is -0.172. The second-order valence-electron chi connectivity index (χ2n) is 5.90. The lowest BCUT2D eigenvalue weighted by atomic mass is 9.89. The minimum absolute atomic E-state index is 0.172. The van der Waals surface area contributed by atoms with E-state index >= 15 is 0 Å². The molecule has 0 amide bonds. The van der Waals surface area contributed by atoms with Gasteiger partial charge in [-0.15, -0.1) is 0 Å². The van der Waals surface area contributed by atoms with Gasteiger partial charge in [-0.05, 0) is 62.2 Å². The van der Waals surface area contributed by atoms with E-state index in [-0.39, 0.29) is 5.82 Å². The van der Waals surface area contributed by atoms with E-state index in [1.165, 1.54) is 23.8 Å². The number of likely N-dealkylation sites (N-methyl/N-ethyl adjacent to an activating group) is 1. The Kier molecular flexibility index (Phi) is 4.56. The third-order valence-corrected chi connectivity index (χ3v) is 4.56. The summed E-state index contributed by atoms with van der Waals surface area (Å²) in [6, 6.07) is 5.06. The van der Waals surface area contributed by atoms with Crippen LogP contribution in [0, 0.1) is 5.82 Å². The molecule has 0 unspecified atom stereocenters. The number of H-pyrrole nitrogens is 1. The van der Waals surface area contributed by atoms with Gasteiger partial charge in [0.1, 0.15) is 5.82 Å². The van der Waals surface area contributed by atoms with Gasteiger partial charge in [-0.3, -0.25) is 0 Å². The molecule has 0 radical (unpaired) electrons. The highest BCUT2D eigenvalue weighted by atomic mass is 19.1. The fraction of sp³-hybridized carbons (Fsp3) is 0.529. The van der Waals surface area contributed by atoms with Crippen molar-refractivity contribution < 1.29 is 4.39 Å². The number of aromatic amines is 1. The molecule has 4 heteroatoms. The van der Waals surface area contributed by atoms with E-state index in [4.69, 9.17) is 0 Å². The predicted molar refractivity (Wildman–Crippen MR) is 85.2 cm³/mol. The molecule has 1 aliphatic rings. The van der Waals surface area contributed by atoms with Crippen molar-refractivity contribution in [3.05, 3.63) is 35.8 Å². The molecule has 0 spiro atoms. The van der Waals surface area contributed by atoms with Gasteiger partial charge in [0, 0.05) is 30.2 Å². The van der Waals surface area contributed by atoms with Crippen molar-refractivity contribution in [2.45, 2.75) is 25.7 Å². The number of aromatic nitrogens is 1. The highest BCUT2D eigenvalue weighted by molar-refractivity contribution is 5.83. The van der Waals surface area contributed by atoms with E-state index in [1.54, 1.807) is 12.1 Å². The summed E-state index contributed by atoms with van der Waals surface area (Å²) in [5, 5.41) is 4.56. The van der Waals surface area contributed by atoms with Gasteiger partial charge >= 0.3 is 0 Å². The number of hydrogen-bond acceptors (Lipinski definition) is 2. The van der Waals surface area contributed by atoms with Crippen LogP contribution in [0.25, 0.3) is 10.9 Å². The van der Waals surface area contributed by atoms with Gasteiger partial charge in [-0.2, -0.15) is 0 Å². The van der Waals surface area contributed by atoms with Gasteiger partial charge in [0.2, 0.25) is 0 Å². The number of nitrogens with one attached hydrogen (secondary N) is 2. The minimum Gasteiger partial charge on any atom is -0.361 e. The number of fused-ring (bicyclic) bond motifs is 1. The maximum Gasteiger partial charge on any atom is 0.125 e. The smallest absolute Gasteiger partial charge is 0.125 e. The Bertz CT molecular complexity index is 585. The summed E-state index contributed by atoms with van der Waals surface area (Å²) >= 11 is 0. The van der Waals surface area contributed by atoms with E-state index < -0.39 is 0 Å². The summed E-state index contributed by atoms with van der Waals surface area (Å²) < 4.78 is 13.3. The molecule has 0 atom stereocenters. The summed E-state index contributed by atoms with van der Waals surface area (Å²) in [4.78, 5) is 5.75. The standard InChI is InChI=1S/C17H24FN3/c1-2-19-7-10-21-8-5-13(6-9-21)16-12-20-17-11-14(18)3-4-15(16)17/h3-4,11-13,19-20H,2,5-10H2,1H3. The molecule has 21 heavy (non-hydrogen) atoms. The largest absolute Gasteiger partial charge is 0.361 e. The average Bonchev–Trinajstić information content (AvgIpc) is 2.91. The molecule has 114 valence electrons. The van der Waals surface area contributed by atoms with E-state index in [0.29, 0.717) is 5.92 Å².